The van der Waals surface area contributed by atoms with Crippen LogP contribution in [0.1, 0.15) is 5.82 Å². The Labute approximate surface area is 158 Å². The van der Waals surface area contributed by atoms with Crippen LogP contribution in [0.3, 0.4) is 0 Å². The van der Waals surface area contributed by atoms with Crippen LogP contribution in [0.5, 0.6) is 11.6 Å². The van der Waals surface area contributed by atoms with E-state index in [0.717, 1.165) is 0 Å². The third-order valence-corrected chi connectivity index (χ3v) is 4.25. The van der Waals surface area contributed by atoms with Crippen LogP contribution in [0.15, 0.2) is 53.3 Å². The van der Waals surface area contributed by atoms with E-state index >= 15 is 0 Å². The molecule has 6 nitrogen and oxygen atoms in total. The maximum atomic E-state index is 13.9. The molecule has 2 aromatic carbocycles. The lowest BCUT2D eigenvalue weighted by atomic mass is 10.0. The van der Waals surface area contributed by atoms with Crippen LogP contribution >= 0.6 is 11.6 Å². The molecule has 0 aliphatic heterocycles. The van der Waals surface area contributed by atoms with Crippen LogP contribution in [0, 0.1) is 5.82 Å². The lowest BCUT2D eigenvalue weighted by molar-refractivity contribution is 0.266. The first-order valence-electron chi connectivity index (χ1n) is 7.97. The van der Waals surface area contributed by atoms with Crippen LogP contribution in [0.2, 0.25) is 5.02 Å². The van der Waals surface area contributed by atoms with Crippen LogP contribution < -0.4 is 9.47 Å². The second-order valence-electron chi connectivity index (χ2n) is 5.62. The Bertz CT molecular complexity index is 1100. The van der Waals surface area contributed by atoms with E-state index in [0.29, 0.717) is 33.7 Å². The van der Waals surface area contributed by atoms with Gasteiger partial charge in [-0.3, -0.25) is 0 Å². The van der Waals surface area contributed by atoms with Crippen molar-refractivity contribution in [2.75, 3.05) is 7.11 Å². The van der Waals surface area contributed by atoms with Crippen LogP contribution in [0.4, 0.5) is 4.39 Å². The lowest BCUT2D eigenvalue weighted by Gasteiger charge is -2.09. The van der Waals surface area contributed by atoms with Crippen molar-refractivity contribution >= 4 is 22.6 Å². The summed E-state index contributed by atoms with van der Waals surface area (Å²) in [5.74, 6) is 0.801. The number of hydrogen-bond acceptors (Lipinski definition) is 6. The molecule has 0 N–H and O–H groups in total. The molecule has 0 saturated carbocycles. The van der Waals surface area contributed by atoms with Gasteiger partial charge in [0.25, 0.3) is 5.88 Å². The number of ether oxygens (including phenoxy) is 2. The minimum absolute atomic E-state index is 0.0515. The highest BCUT2D eigenvalue weighted by Crippen LogP contribution is 2.38. The second-order valence-corrected chi connectivity index (χ2v) is 6.03. The zero-order valence-corrected chi connectivity index (χ0v) is 14.9. The van der Waals surface area contributed by atoms with Gasteiger partial charge in [-0.1, -0.05) is 17.7 Å². The number of aromatic nitrogens is 3. The Morgan fingerprint density at radius 3 is 2.70 bits per heavy atom. The van der Waals surface area contributed by atoms with E-state index in [-0.39, 0.29) is 17.5 Å². The molecule has 136 valence electrons. The first-order valence-corrected chi connectivity index (χ1v) is 8.35. The summed E-state index contributed by atoms with van der Waals surface area (Å²) in [7, 11) is 1.53. The molecule has 0 spiro atoms. The van der Waals surface area contributed by atoms with Crippen molar-refractivity contribution in [3.63, 3.8) is 0 Å². The van der Waals surface area contributed by atoms with Gasteiger partial charge in [0.05, 0.1) is 17.5 Å². The molecule has 0 radical (unpaired) electrons. The van der Waals surface area contributed by atoms with E-state index in [1.54, 1.807) is 36.7 Å². The van der Waals surface area contributed by atoms with Crippen LogP contribution in [0.25, 0.3) is 22.1 Å². The molecule has 0 fully saturated rings. The van der Waals surface area contributed by atoms with Gasteiger partial charge < -0.3 is 14.0 Å². The molecule has 0 unspecified atom stereocenters. The average molecular weight is 386 g/mol. The molecular weight excluding hydrogens is 373 g/mol. The van der Waals surface area contributed by atoms with Gasteiger partial charge in [0.2, 0.25) is 0 Å². The summed E-state index contributed by atoms with van der Waals surface area (Å²) in [6, 6.07) is 9.72. The molecule has 27 heavy (non-hydrogen) atoms. The quantitative estimate of drug-likeness (QED) is 0.497. The molecule has 2 heterocycles. The number of methoxy groups -OCH3 is 1. The number of fused-ring (bicyclic) bond motifs is 1. The first-order chi connectivity index (χ1) is 13.2. The second kappa shape index (κ2) is 7.20. The smallest absolute Gasteiger partial charge is 0.262 e. The fourth-order valence-corrected chi connectivity index (χ4v) is 2.76. The number of benzene rings is 2. The fraction of sp³-hybridized carbons (Fsp3) is 0.105. The Kier molecular flexibility index (Phi) is 4.60. The molecule has 0 aliphatic carbocycles. The maximum Gasteiger partial charge on any atom is 0.262 e. The van der Waals surface area contributed by atoms with Crippen molar-refractivity contribution in [2.24, 2.45) is 0 Å². The Morgan fingerprint density at radius 2 is 1.96 bits per heavy atom. The number of rotatable bonds is 5. The van der Waals surface area contributed by atoms with Crippen LogP contribution in [-0.2, 0) is 6.61 Å². The largest absolute Gasteiger partial charge is 0.496 e. The predicted molar refractivity (Wildman–Crippen MR) is 97.3 cm³/mol. The normalized spacial score (nSPS) is 10.9. The zero-order valence-electron chi connectivity index (χ0n) is 14.1. The average Bonchev–Trinajstić information content (AvgIpc) is 3.10. The molecule has 0 amide bonds. The molecule has 4 rings (SSSR count). The van der Waals surface area contributed by atoms with Crippen molar-refractivity contribution in [2.45, 2.75) is 6.61 Å². The molecule has 0 atom stereocenters. The topological polar surface area (TPSA) is 70.3 Å². The summed E-state index contributed by atoms with van der Waals surface area (Å²) in [5, 5.41) is 4.62. The van der Waals surface area contributed by atoms with Gasteiger partial charge in [0, 0.05) is 24.0 Å². The summed E-state index contributed by atoms with van der Waals surface area (Å²) in [5.41, 5.74) is 1.74. The molecule has 0 bridgehead atoms. The highest BCUT2D eigenvalue weighted by atomic mass is 35.5. The van der Waals surface area contributed by atoms with E-state index in [1.807, 2.05) is 0 Å². The fourth-order valence-electron chi connectivity index (χ4n) is 2.64. The van der Waals surface area contributed by atoms with Crippen molar-refractivity contribution in [1.82, 2.24) is 15.1 Å². The third kappa shape index (κ3) is 3.41. The van der Waals surface area contributed by atoms with E-state index in [2.05, 4.69) is 15.1 Å². The van der Waals surface area contributed by atoms with Crippen LogP contribution in [-0.4, -0.2) is 22.2 Å². The highest BCUT2D eigenvalue weighted by Gasteiger charge is 2.17. The summed E-state index contributed by atoms with van der Waals surface area (Å²) in [6.45, 7) is 0.138. The molecular formula is C19H13ClFN3O3. The van der Waals surface area contributed by atoms with Gasteiger partial charge in [-0.25, -0.2) is 14.4 Å². The molecule has 8 heteroatoms. The maximum absolute atomic E-state index is 13.9. The number of halogens is 2. The zero-order chi connectivity index (χ0) is 18.8. The Hall–Kier alpha value is -3.19. The molecule has 0 aliphatic rings. The molecule has 0 saturated heterocycles. The van der Waals surface area contributed by atoms with Crippen molar-refractivity contribution < 1.29 is 18.4 Å². The Balaban J connectivity index is 1.74. The SMILES string of the molecule is COc1cc2onc(OCc3ncccn3)c2cc1-c1ccc(Cl)c(F)c1. The number of hydrogen-bond donors (Lipinski definition) is 0. The third-order valence-electron chi connectivity index (χ3n) is 3.95. The van der Waals surface area contributed by atoms with E-state index in [1.165, 1.54) is 19.2 Å². The summed E-state index contributed by atoms with van der Waals surface area (Å²) < 4.78 is 30.3. The summed E-state index contributed by atoms with van der Waals surface area (Å²) in [6.07, 6.45) is 3.26. The summed E-state index contributed by atoms with van der Waals surface area (Å²) >= 11 is 5.78. The van der Waals surface area contributed by atoms with Crippen molar-refractivity contribution in [1.29, 1.82) is 0 Å². The van der Waals surface area contributed by atoms with Gasteiger partial charge in [-0.05, 0) is 35.0 Å². The monoisotopic (exact) mass is 385 g/mol. The van der Waals surface area contributed by atoms with Gasteiger partial charge in [0.15, 0.2) is 11.4 Å². The molecule has 2 aromatic heterocycles. The van der Waals surface area contributed by atoms with Gasteiger partial charge in [-0.15, -0.1) is 0 Å². The minimum atomic E-state index is -0.515. The van der Waals surface area contributed by atoms with Crippen molar-refractivity contribution in [3.8, 4) is 22.8 Å². The van der Waals surface area contributed by atoms with E-state index < -0.39 is 5.82 Å². The van der Waals surface area contributed by atoms with Gasteiger partial charge >= 0.3 is 0 Å². The predicted octanol–water partition coefficient (Wildman–Crippen LogP) is 4.66. The molecule has 4 aromatic rings. The standard InChI is InChI=1S/C19H13ClFN3O3/c1-25-16-9-17-13(8-12(16)11-3-4-14(20)15(21)7-11)19(24-27-17)26-10-18-22-5-2-6-23-18/h2-9H,10H2,1H3. The van der Waals surface area contributed by atoms with Gasteiger partial charge in [-0.2, -0.15) is 0 Å². The highest BCUT2D eigenvalue weighted by molar-refractivity contribution is 6.30. The lowest BCUT2D eigenvalue weighted by Crippen LogP contribution is -2.00. The van der Waals surface area contributed by atoms with Crippen molar-refractivity contribution in [3.05, 3.63) is 65.5 Å². The van der Waals surface area contributed by atoms with E-state index in [9.17, 15) is 4.39 Å². The first kappa shape index (κ1) is 17.2. The number of nitrogens with zero attached hydrogens (tertiary/aromatic N) is 3. The Morgan fingerprint density at radius 1 is 1.15 bits per heavy atom. The van der Waals surface area contributed by atoms with E-state index in [4.69, 9.17) is 25.6 Å². The summed E-state index contributed by atoms with van der Waals surface area (Å²) in [4.78, 5) is 8.20. The van der Waals surface area contributed by atoms with Gasteiger partial charge in [0.1, 0.15) is 18.2 Å². The minimum Gasteiger partial charge on any atom is -0.496 e.